The van der Waals surface area contributed by atoms with Crippen molar-refractivity contribution in [2.45, 2.75) is 50.7 Å². The number of ether oxygens (including phenoxy) is 2. The van der Waals surface area contributed by atoms with Crippen molar-refractivity contribution in [1.82, 2.24) is 9.55 Å². The Balaban J connectivity index is 2.02. The number of nitrogens with one attached hydrogen (secondary N) is 1. The molecule has 0 amide bonds. The van der Waals surface area contributed by atoms with Crippen LogP contribution in [0.2, 0.25) is 0 Å². The Labute approximate surface area is 137 Å². The topological polar surface area (TPSA) is 143 Å². The van der Waals surface area contributed by atoms with Gasteiger partial charge in [0.2, 0.25) is 0 Å². The second-order valence-corrected chi connectivity index (χ2v) is 5.45. The molecule has 0 bridgehead atoms. The third-order valence-electron chi connectivity index (χ3n) is 3.70. The normalized spacial score (nSPS) is 26.3. The minimum Gasteiger partial charge on any atom is -0.463 e. The summed E-state index contributed by atoms with van der Waals surface area (Å²) in [4.78, 5) is 26.9. The van der Waals surface area contributed by atoms with E-state index in [2.05, 4.69) is 4.98 Å². The molecule has 2 rings (SSSR count). The van der Waals surface area contributed by atoms with Crippen LogP contribution in [-0.4, -0.2) is 55.9 Å². The Bertz CT molecular complexity index is 621. The molecule has 1 saturated heterocycles. The first-order chi connectivity index (χ1) is 11.5. The minimum absolute atomic E-state index is 0.0642. The molecule has 10 nitrogen and oxygen atoms in total. The van der Waals surface area contributed by atoms with E-state index >= 15 is 0 Å². The Kier molecular flexibility index (Phi) is 6.26. The molecule has 2 heterocycles. The van der Waals surface area contributed by atoms with Crippen LogP contribution in [0.15, 0.2) is 17.1 Å². The van der Waals surface area contributed by atoms with Crippen LogP contribution in [0.3, 0.4) is 0 Å². The maximum absolute atomic E-state index is 11.9. The van der Waals surface area contributed by atoms with Crippen LogP contribution in [0.4, 0.5) is 5.82 Å². The molecule has 1 aromatic heterocycles. The number of carbonyl (C=O) groups excluding carboxylic acids is 1. The van der Waals surface area contributed by atoms with Crippen molar-refractivity contribution in [2.75, 3.05) is 12.1 Å². The zero-order valence-corrected chi connectivity index (χ0v) is 13.2. The van der Waals surface area contributed by atoms with Gasteiger partial charge in [0.15, 0.2) is 12.0 Å². The highest BCUT2D eigenvalue weighted by atomic mass is 16.6. The average Bonchev–Trinajstić information content (AvgIpc) is 2.86. The first kappa shape index (κ1) is 18.3. The van der Waals surface area contributed by atoms with Gasteiger partial charge in [0, 0.05) is 12.6 Å². The molecule has 4 N–H and O–H groups in total. The monoisotopic (exact) mass is 343 g/mol. The number of rotatable bonds is 7. The SMILES string of the molecule is CCCCC(=O)OC[C@H]1O[C@@H](n2ccc(NO)nc2=O)[C@H](O)[C@@H]1O. The number of aromatic nitrogens is 2. The van der Waals surface area contributed by atoms with Gasteiger partial charge in [0.25, 0.3) is 0 Å². The predicted octanol–water partition coefficient (Wildman–Crippen LogP) is -0.603. The molecule has 1 aliphatic heterocycles. The summed E-state index contributed by atoms with van der Waals surface area (Å²) in [7, 11) is 0. The molecule has 0 radical (unpaired) electrons. The van der Waals surface area contributed by atoms with E-state index < -0.39 is 36.2 Å². The molecular formula is C14H21N3O7. The molecule has 1 fully saturated rings. The maximum Gasteiger partial charge on any atom is 0.351 e. The highest BCUT2D eigenvalue weighted by Crippen LogP contribution is 2.28. The van der Waals surface area contributed by atoms with Crippen LogP contribution in [0.5, 0.6) is 0 Å². The van der Waals surface area contributed by atoms with Gasteiger partial charge in [-0.1, -0.05) is 13.3 Å². The standard InChI is InChI=1S/C14H21N3O7/c1-2-3-4-10(18)23-7-8-11(19)12(20)13(24-8)17-6-5-9(16-22)15-14(17)21/h5-6,8,11-13,19-20,22H,2-4,7H2,1H3,(H,15,16,21)/t8-,11-,12-,13-/m1/s1. The van der Waals surface area contributed by atoms with Crippen LogP contribution in [0.25, 0.3) is 0 Å². The lowest BCUT2D eigenvalue weighted by atomic mass is 10.1. The first-order valence-electron chi connectivity index (χ1n) is 7.64. The highest BCUT2D eigenvalue weighted by molar-refractivity contribution is 5.69. The Morgan fingerprint density at radius 3 is 2.83 bits per heavy atom. The summed E-state index contributed by atoms with van der Waals surface area (Å²) < 4.78 is 11.4. The summed E-state index contributed by atoms with van der Waals surface area (Å²) >= 11 is 0. The number of unbranched alkanes of at least 4 members (excludes halogenated alkanes) is 1. The predicted molar refractivity (Wildman–Crippen MR) is 80.3 cm³/mol. The number of hydrogen-bond acceptors (Lipinski definition) is 9. The van der Waals surface area contributed by atoms with Gasteiger partial charge in [-0.15, -0.1) is 0 Å². The summed E-state index contributed by atoms with van der Waals surface area (Å²) in [6.45, 7) is 1.72. The lowest BCUT2D eigenvalue weighted by molar-refractivity contribution is -0.150. The van der Waals surface area contributed by atoms with E-state index in [1.54, 1.807) is 5.48 Å². The molecule has 134 valence electrons. The third-order valence-corrected chi connectivity index (χ3v) is 3.70. The minimum atomic E-state index is -1.39. The number of carbonyl (C=O) groups is 1. The third kappa shape index (κ3) is 4.09. The lowest BCUT2D eigenvalue weighted by Crippen LogP contribution is -2.36. The summed E-state index contributed by atoms with van der Waals surface area (Å²) in [5.74, 6) is -0.478. The van der Waals surface area contributed by atoms with Crippen LogP contribution in [0, 0.1) is 0 Å². The second-order valence-electron chi connectivity index (χ2n) is 5.45. The molecule has 0 saturated carbocycles. The molecular weight excluding hydrogens is 322 g/mol. The Morgan fingerprint density at radius 2 is 2.21 bits per heavy atom. The fourth-order valence-electron chi connectivity index (χ4n) is 2.33. The molecule has 0 unspecified atom stereocenters. The van der Waals surface area contributed by atoms with Gasteiger partial charge in [-0.3, -0.25) is 20.0 Å². The van der Waals surface area contributed by atoms with Crippen molar-refractivity contribution in [1.29, 1.82) is 0 Å². The number of anilines is 1. The molecule has 0 aliphatic carbocycles. The van der Waals surface area contributed by atoms with Crippen LogP contribution >= 0.6 is 0 Å². The Morgan fingerprint density at radius 1 is 1.46 bits per heavy atom. The van der Waals surface area contributed by atoms with Crippen molar-refractivity contribution < 1.29 is 29.7 Å². The molecule has 24 heavy (non-hydrogen) atoms. The second kappa shape index (κ2) is 8.20. The van der Waals surface area contributed by atoms with Gasteiger partial charge in [0.05, 0.1) is 0 Å². The average molecular weight is 343 g/mol. The van der Waals surface area contributed by atoms with E-state index in [1.165, 1.54) is 12.3 Å². The Hall–Kier alpha value is -2.01. The lowest BCUT2D eigenvalue weighted by Gasteiger charge is -2.17. The molecule has 0 spiro atoms. The summed E-state index contributed by atoms with van der Waals surface area (Å²) in [6.07, 6.45) is -1.77. The van der Waals surface area contributed by atoms with E-state index in [4.69, 9.17) is 14.7 Å². The molecule has 1 aliphatic rings. The van der Waals surface area contributed by atoms with Crippen LogP contribution in [0.1, 0.15) is 32.4 Å². The zero-order chi connectivity index (χ0) is 17.7. The first-order valence-corrected chi connectivity index (χ1v) is 7.64. The van der Waals surface area contributed by atoms with Crippen molar-refractivity contribution in [3.05, 3.63) is 22.7 Å². The van der Waals surface area contributed by atoms with E-state index in [0.29, 0.717) is 6.42 Å². The fourth-order valence-corrected chi connectivity index (χ4v) is 2.33. The summed E-state index contributed by atoms with van der Waals surface area (Å²) in [5.41, 5.74) is 0.943. The quantitative estimate of drug-likeness (QED) is 0.377. The van der Waals surface area contributed by atoms with Crippen molar-refractivity contribution in [3.8, 4) is 0 Å². The number of nitrogens with zero attached hydrogens (tertiary/aromatic N) is 2. The van der Waals surface area contributed by atoms with Gasteiger partial charge >= 0.3 is 11.7 Å². The van der Waals surface area contributed by atoms with Gasteiger partial charge in [-0.2, -0.15) is 4.98 Å². The highest BCUT2D eigenvalue weighted by Gasteiger charge is 2.44. The number of esters is 1. The van der Waals surface area contributed by atoms with Crippen LogP contribution in [-0.2, 0) is 14.3 Å². The van der Waals surface area contributed by atoms with Crippen molar-refractivity contribution >= 4 is 11.8 Å². The van der Waals surface area contributed by atoms with Gasteiger partial charge in [-0.25, -0.2) is 4.79 Å². The van der Waals surface area contributed by atoms with Gasteiger partial charge < -0.3 is 19.7 Å². The number of hydrogen-bond donors (Lipinski definition) is 4. The van der Waals surface area contributed by atoms with E-state index in [0.717, 1.165) is 11.0 Å². The zero-order valence-electron chi connectivity index (χ0n) is 13.2. The van der Waals surface area contributed by atoms with E-state index in [1.807, 2.05) is 6.92 Å². The number of aliphatic hydroxyl groups is 2. The van der Waals surface area contributed by atoms with Gasteiger partial charge in [-0.05, 0) is 12.5 Å². The van der Waals surface area contributed by atoms with E-state index in [-0.39, 0.29) is 18.8 Å². The molecule has 4 atom stereocenters. The smallest absolute Gasteiger partial charge is 0.351 e. The number of aliphatic hydroxyl groups excluding tert-OH is 2. The fraction of sp³-hybridized carbons (Fsp3) is 0.643. The molecule has 1 aromatic rings. The maximum atomic E-state index is 11.9. The van der Waals surface area contributed by atoms with Crippen molar-refractivity contribution in [3.63, 3.8) is 0 Å². The molecule has 0 aromatic carbocycles. The van der Waals surface area contributed by atoms with Gasteiger partial charge in [0.1, 0.15) is 24.9 Å². The molecule has 10 heteroatoms. The van der Waals surface area contributed by atoms with Crippen LogP contribution < -0.4 is 11.2 Å². The largest absolute Gasteiger partial charge is 0.463 e. The summed E-state index contributed by atoms with van der Waals surface area (Å²) in [5, 5.41) is 28.8. The van der Waals surface area contributed by atoms with Crippen molar-refractivity contribution in [2.24, 2.45) is 0 Å². The van der Waals surface area contributed by atoms with E-state index in [9.17, 15) is 19.8 Å². The summed E-state index contributed by atoms with van der Waals surface area (Å²) in [6, 6.07) is 1.29.